The molecule has 1 aromatic carbocycles. The van der Waals surface area contributed by atoms with E-state index in [1.54, 1.807) is 24.3 Å². The Balaban J connectivity index is 3.11. The summed E-state index contributed by atoms with van der Waals surface area (Å²) >= 11 is 0. The van der Waals surface area contributed by atoms with Crippen molar-refractivity contribution in [2.45, 2.75) is 26.8 Å². The number of hydrogen-bond acceptors (Lipinski definition) is 3. The van der Waals surface area contributed by atoms with E-state index < -0.39 is 10.0 Å². The fourth-order valence-corrected chi connectivity index (χ4v) is 2.09. The number of nitrogens with zero attached hydrogens (tertiary/aromatic N) is 1. The Morgan fingerprint density at radius 3 is 2.25 bits per heavy atom. The average Bonchev–Trinajstić information content (AvgIpc) is 2.36. The minimum Gasteiger partial charge on any atom is -0.349 e. The predicted octanol–water partition coefficient (Wildman–Crippen LogP) is 1.86. The third-order valence-corrected chi connectivity index (χ3v) is 4.54. The SMILES string of the molecule is CC(C)C(C)NC(=O)c1ccccc1N(C)S(C)(=O)=O. The maximum Gasteiger partial charge on any atom is 0.253 e. The van der Waals surface area contributed by atoms with Crippen molar-refractivity contribution >= 4 is 21.6 Å². The lowest BCUT2D eigenvalue weighted by molar-refractivity contribution is 0.0931. The summed E-state index contributed by atoms with van der Waals surface area (Å²) in [5.41, 5.74) is 0.733. The number of carbonyl (C=O) groups is 1. The van der Waals surface area contributed by atoms with E-state index in [1.807, 2.05) is 20.8 Å². The fraction of sp³-hybridized carbons (Fsp3) is 0.500. The summed E-state index contributed by atoms with van der Waals surface area (Å²) in [6, 6.07) is 6.68. The van der Waals surface area contributed by atoms with Crippen LogP contribution in [0.2, 0.25) is 0 Å². The molecule has 1 atom stereocenters. The Labute approximate surface area is 121 Å². The van der Waals surface area contributed by atoms with Crippen LogP contribution in [0.25, 0.3) is 0 Å². The van der Waals surface area contributed by atoms with Crippen LogP contribution < -0.4 is 9.62 Å². The van der Waals surface area contributed by atoms with Gasteiger partial charge in [-0.25, -0.2) is 8.42 Å². The molecular formula is C14H22N2O3S. The van der Waals surface area contributed by atoms with Crippen molar-refractivity contribution in [3.63, 3.8) is 0 Å². The van der Waals surface area contributed by atoms with Crippen LogP contribution in [0, 0.1) is 5.92 Å². The topological polar surface area (TPSA) is 66.5 Å². The van der Waals surface area contributed by atoms with Gasteiger partial charge in [0.05, 0.1) is 17.5 Å². The first kappa shape index (κ1) is 16.5. The Morgan fingerprint density at radius 2 is 1.75 bits per heavy atom. The molecule has 0 bridgehead atoms. The lowest BCUT2D eigenvalue weighted by Gasteiger charge is -2.22. The van der Waals surface area contributed by atoms with Gasteiger partial charge in [-0.3, -0.25) is 9.10 Å². The third-order valence-electron chi connectivity index (χ3n) is 3.34. The second kappa shape index (κ2) is 6.26. The van der Waals surface area contributed by atoms with Gasteiger partial charge in [0.2, 0.25) is 10.0 Å². The molecule has 6 heteroatoms. The largest absolute Gasteiger partial charge is 0.349 e. The monoisotopic (exact) mass is 298 g/mol. The first-order valence-electron chi connectivity index (χ1n) is 6.48. The molecule has 1 unspecified atom stereocenters. The molecule has 0 fully saturated rings. The first-order chi connectivity index (χ1) is 9.14. The van der Waals surface area contributed by atoms with Crippen molar-refractivity contribution in [3.05, 3.63) is 29.8 Å². The summed E-state index contributed by atoms with van der Waals surface area (Å²) in [6.07, 6.45) is 1.11. The van der Waals surface area contributed by atoms with Gasteiger partial charge in [0.25, 0.3) is 5.91 Å². The zero-order valence-electron chi connectivity index (χ0n) is 12.5. The van der Waals surface area contributed by atoms with Crippen LogP contribution in [0.15, 0.2) is 24.3 Å². The second-order valence-electron chi connectivity index (χ2n) is 5.25. The molecular weight excluding hydrogens is 276 g/mol. The lowest BCUT2D eigenvalue weighted by atomic mass is 10.1. The third kappa shape index (κ3) is 3.96. The number of amides is 1. The molecule has 20 heavy (non-hydrogen) atoms. The second-order valence-corrected chi connectivity index (χ2v) is 7.27. The first-order valence-corrected chi connectivity index (χ1v) is 8.33. The Hall–Kier alpha value is -1.56. The summed E-state index contributed by atoms with van der Waals surface area (Å²) in [6.45, 7) is 5.95. The van der Waals surface area contributed by atoms with Crippen LogP contribution in [0.3, 0.4) is 0 Å². The van der Waals surface area contributed by atoms with Gasteiger partial charge < -0.3 is 5.32 Å². The van der Waals surface area contributed by atoms with Crippen molar-refractivity contribution in [2.75, 3.05) is 17.6 Å². The molecule has 1 rings (SSSR count). The Bertz CT molecular complexity index is 582. The van der Waals surface area contributed by atoms with Crippen LogP contribution in [0.1, 0.15) is 31.1 Å². The molecule has 1 N–H and O–H groups in total. The van der Waals surface area contributed by atoms with E-state index in [0.29, 0.717) is 17.2 Å². The number of nitrogens with one attached hydrogen (secondary N) is 1. The maximum absolute atomic E-state index is 12.3. The summed E-state index contributed by atoms with van der Waals surface area (Å²) in [5.74, 6) is 0.0380. The van der Waals surface area contributed by atoms with Crippen LogP contribution >= 0.6 is 0 Å². The van der Waals surface area contributed by atoms with E-state index in [1.165, 1.54) is 7.05 Å². The zero-order valence-corrected chi connectivity index (χ0v) is 13.4. The van der Waals surface area contributed by atoms with Gasteiger partial charge in [0.15, 0.2) is 0 Å². The Kier molecular flexibility index (Phi) is 5.16. The van der Waals surface area contributed by atoms with E-state index in [9.17, 15) is 13.2 Å². The lowest BCUT2D eigenvalue weighted by Crippen LogP contribution is -2.37. The summed E-state index contributed by atoms with van der Waals surface area (Å²) in [7, 11) is -1.97. The summed E-state index contributed by atoms with van der Waals surface area (Å²) < 4.78 is 24.4. The minimum atomic E-state index is -3.40. The highest BCUT2D eigenvalue weighted by molar-refractivity contribution is 7.92. The van der Waals surface area contributed by atoms with Gasteiger partial charge in [0.1, 0.15) is 0 Å². The number of hydrogen-bond donors (Lipinski definition) is 1. The predicted molar refractivity (Wildman–Crippen MR) is 81.5 cm³/mol. The van der Waals surface area contributed by atoms with E-state index >= 15 is 0 Å². The van der Waals surface area contributed by atoms with Gasteiger partial charge in [-0.15, -0.1) is 0 Å². The highest BCUT2D eigenvalue weighted by Gasteiger charge is 2.20. The number of sulfonamides is 1. The summed E-state index contributed by atoms with van der Waals surface area (Å²) in [5, 5.41) is 2.88. The smallest absolute Gasteiger partial charge is 0.253 e. The van der Waals surface area contributed by atoms with Crippen molar-refractivity contribution < 1.29 is 13.2 Å². The van der Waals surface area contributed by atoms with Crippen LogP contribution in [-0.4, -0.2) is 33.7 Å². The number of carbonyl (C=O) groups excluding carboxylic acids is 1. The molecule has 112 valence electrons. The van der Waals surface area contributed by atoms with E-state index in [0.717, 1.165) is 10.6 Å². The van der Waals surface area contributed by atoms with E-state index in [2.05, 4.69) is 5.32 Å². The van der Waals surface area contributed by atoms with Crippen molar-refractivity contribution in [3.8, 4) is 0 Å². The van der Waals surface area contributed by atoms with Crippen LogP contribution in [0.4, 0.5) is 5.69 Å². The summed E-state index contributed by atoms with van der Waals surface area (Å²) in [4.78, 5) is 12.3. The van der Waals surface area contributed by atoms with Gasteiger partial charge >= 0.3 is 0 Å². The van der Waals surface area contributed by atoms with E-state index in [-0.39, 0.29) is 11.9 Å². The van der Waals surface area contributed by atoms with Crippen LogP contribution in [0.5, 0.6) is 0 Å². The van der Waals surface area contributed by atoms with Crippen molar-refractivity contribution in [2.24, 2.45) is 5.92 Å². The average molecular weight is 298 g/mol. The van der Waals surface area contributed by atoms with Gasteiger partial charge in [-0.1, -0.05) is 26.0 Å². The molecule has 0 radical (unpaired) electrons. The van der Waals surface area contributed by atoms with Gasteiger partial charge in [-0.2, -0.15) is 0 Å². The molecule has 0 saturated carbocycles. The van der Waals surface area contributed by atoms with Gasteiger partial charge in [-0.05, 0) is 25.0 Å². The zero-order chi connectivity index (χ0) is 15.5. The number of anilines is 1. The highest BCUT2D eigenvalue weighted by Crippen LogP contribution is 2.21. The number of rotatable bonds is 5. The molecule has 5 nitrogen and oxygen atoms in total. The quantitative estimate of drug-likeness (QED) is 0.902. The molecule has 0 heterocycles. The fourth-order valence-electron chi connectivity index (χ4n) is 1.57. The maximum atomic E-state index is 12.3. The Morgan fingerprint density at radius 1 is 1.20 bits per heavy atom. The number of benzene rings is 1. The van der Waals surface area contributed by atoms with Gasteiger partial charge in [0, 0.05) is 13.1 Å². The molecule has 0 saturated heterocycles. The van der Waals surface area contributed by atoms with Crippen LogP contribution in [-0.2, 0) is 10.0 Å². The van der Waals surface area contributed by atoms with Crippen molar-refractivity contribution in [1.82, 2.24) is 5.32 Å². The molecule has 0 aliphatic carbocycles. The molecule has 1 amide bonds. The number of para-hydroxylation sites is 1. The molecule has 1 aromatic rings. The highest BCUT2D eigenvalue weighted by atomic mass is 32.2. The molecule has 0 aliphatic heterocycles. The van der Waals surface area contributed by atoms with Crippen molar-refractivity contribution in [1.29, 1.82) is 0 Å². The molecule has 0 spiro atoms. The van der Waals surface area contributed by atoms with E-state index in [4.69, 9.17) is 0 Å². The normalized spacial score (nSPS) is 13.1. The minimum absolute atomic E-state index is 0.0131. The standard InChI is InChI=1S/C14H22N2O3S/c1-10(2)11(3)15-14(17)12-8-6-7-9-13(12)16(4)20(5,18)19/h6-11H,1-5H3,(H,15,17). The molecule has 0 aliphatic rings. The molecule has 0 aromatic heterocycles.